The average molecular weight is 254 g/mol. The van der Waals surface area contributed by atoms with Crippen molar-refractivity contribution in [2.24, 2.45) is 5.84 Å². The molecule has 0 bridgehead atoms. The van der Waals surface area contributed by atoms with E-state index in [-0.39, 0.29) is 17.7 Å². The quantitative estimate of drug-likeness (QED) is 0.339. The Labute approximate surface area is 104 Å². The van der Waals surface area contributed by atoms with Gasteiger partial charge in [-0.2, -0.15) is 0 Å². The van der Waals surface area contributed by atoms with Gasteiger partial charge in [-0.1, -0.05) is 6.07 Å². The van der Waals surface area contributed by atoms with Crippen LogP contribution < -0.4 is 26.9 Å². The number of halogens is 1. The largest absolute Gasteiger partial charge is 0.494 e. The fraction of sp³-hybridized carbons (Fsp3) is 0.364. The molecule has 2 atom stereocenters. The van der Waals surface area contributed by atoms with Gasteiger partial charge in [0, 0.05) is 6.04 Å². The number of hydrogen-bond donors (Lipinski definition) is 4. The van der Waals surface area contributed by atoms with Crippen LogP contribution in [0.3, 0.4) is 0 Å². The zero-order valence-electron chi connectivity index (χ0n) is 9.87. The lowest BCUT2D eigenvalue weighted by Crippen LogP contribution is -2.45. The lowest BCUT2D eigenvalue weighted by atomic mass is 10.0. The van der Waals surface area contributed by atoms with Crippen molar-refractivity contribution in [2.45, 2.75) is 18.5 Å². The molecule has 0 radical (unpaired) electrons. The van der Waals surface area contributed by atoms with E-state index in [1.807, 2.05) is 0 Å². The number of nitrogens with one attached hydrogen (secondary N) is 3. The second kappa shape index (κ2) is 5.30. The Morgan fingerprint density at radius 1 is 1.56 bits per heavy atom. The minimum atomic E-state index is -0.427. The molecule has 1 amide bonds. The Morgan fingerprint density at radius 2 is 2.33 bits per heavy atom. The van der Waals surface area contributed by atoms with E-state index in [9.17, 15) is 9.18 Å². The molecule has 1 aromatic rings. The highest BCUT2D eigenvalue weighted by Gasteiger charge is 2.30. The van der Waals surface area contributed by atoms with Crippen LogP contribution in [0.25, 0.3) is 0 Å². The first-order chi connectivity index (χ1) is 8.65. The molecule has 1 fully saturated rings. The zero-order valence-corrected chi connectivity index (χ0v) is 9.87. The highest BCUT2D eigenvalue weighted by molar-refractivity contribution is 5.81. The van der Waals surface area contributed by atoms with E-state index in [0.717, 1.165) is 5.56 Å². The molecular weight excluding hydrogens is 239 g/mol. The summed E-state index contributed by atoms with van der Waals surface area (Å²) in [6, 6.07) is 4.13. The van der Waals surface area contributed by atoms with Crippen LogP contribution in [0, 0.1) is 5.82 Å². The standard InChI is InChI=1S/C11H15FN4O2/c1-18-10-3-2-6(4-7(10)12)8-5-9(16-15-8)11(17)14-13/h2-4,8-9,15-16H,5,13H2,1H3,(H,14,17). The number of nitrogens with two attached hydrogens (primary N) is 1. The molecule has 7 heteroatoms. The summed E-state index contributed by atoms with van der Waals surface area (Å²) in [7, 11) is 1.41. The van der Waals surface area contributed by atoms with Crippen LogP contribution in [0.4, 0.5) is 4.39 Å². The highest BCUT2D eigenvalue weighted by Crippen LogP contribution is 2.26. The molecule has 2 rings (SSSR count). The smallest absolute Gasteiger partial charge is 0.252 e. The summed E-state index contributed by atoms with van der Waals surface area (Å²) in [4.78, 5) is 11.3. The summed E-state index contributed by atoms with van der Waals surface area (Å²) in [5, 5.41) is 0. The Bertz CT molecular complexity index is 455. The van der Waals surface area contributed by atoms with Crippen LogP contribution in [0.2, 0.25) is 0 Å². The lowest BCUT2D eigenvalue weighted by Gasteiger charge is -2.11. The Balaban J connectivity index is 2.10. The molecule has 98 valence electrons. The van der Waals surface area contributed by atoms with Gasteiger partial charge in [-0.05, 0) is 24.1 Å². The fourth-order valence-electron chi connectivity index (χ4n) is 1.95. The number of benzene rings is 1. The third-order valence-corrected chi connectivity index (χ3v) is 2.94. The number of rotatable bonds is 3. The molecular formula is C11H15FN4O2. The first-order valence-corrected chi connectivity index (χ1v) is 5.50. The second-order valence-corrected chi connectivity index (χ2v) is 4.03. The number of amides is 1. The Hall–Kier alpha value is -1.70. The highest BCUT2D eigenvalue weighted by atomic mass is 19.1. The lowest BCUT2D eigenvalue weighted by molar-refractivity contribution is -0.122. The number of hydrogen-bond acceptors (Lipinski definition) is 5. The molecule has 0 aliphatic carbocycles. The Morgan fingerprint density at radius 3 is 2.94 bits per heavy atom. The van der Waals surface area contributed by atoms with E-state index in [0.29, 0.717) is 6.42 Å². The van der Waals surface area contributed by atoms with Gasteiger partial charge in [-0.15, -0.1) is 0 Å². The van der Waals surface area contributed by atoms with Gasteiger partial charge in [-0.3, -0.25) is 10.2 Å². The summed E-state index contributed by atoms with van der Waals surface area (Å²) in [6.45, 7) is 0. The van der Waals surface area contributed by atoms with Gasteiger partial charge in [0.1, 0.15) is 6.04 Å². The zero-order chi connectivity index (χ0) is 13.1. The van der Waals surface area contributed by atoms with Crippen LogP contribution in [-0.4, -0.2) is 19.1 Å². The molecule has 1 aliphatic heterocycles. The van der Waals surface area contributed by atoms with Gasteiger partial charge in [0.15, 0.2) is 11.6 Å². The van der Waals surface area contributed by atoms with Gasteiger partial charge in [0.05, 0.1) is 7.11 Å². The van der Waals surface area contributed by atoms with E-state index < -0.39 is 11.9 Å². The van der Waals surface area contributed by atoms with Crippen molar-refractivity contribution in [3.8, 4) is 5.75 Å². The third-order valence-electron chi connectivity index (χ3n) is 2.94. The van der Waals surface area contributed by atoms with Crippen LogP contribution in [0.1, 0.15) is 18.0 Å². The molecule has 1 aliphatic rings. The molecule has 18 heavy (non-hydrogen) atoms. The summed E-state index contributed by atoms with van der Waals surface area (Å²) >= 11 is 0. The molecule has 0 saturated carbocycles. The summed E-state index contributed by atoms with van der Waals surface area (Å²) in [6.07, 6.45) is 0.495. The van der Waals surface area contributed by atoms with Crippen molar-refractivity contribution in [1.29, 1.82) is 0 Å². The van der Waals surface area contributed by atoms with Crippen molar-refractivity contribution in [1.82, 2.24) is 16.3 Å². The summed E-state index contributed by atoms with van der Waals surface area (Å²) in [5.74, 6) is 4.52. The minimum absolute atomic E-state index is 0.146. The molecule has 2 unspecified atom stereocenters. The predicted octanol–water partition coefficient (Wildman–Crippen LogP) is -0.268. The normalized spacial score (nSPS) is 22.8. The second-order valence-electron chi connectivity index (χ2n) is 4.03. The average Bonchev–Trinajstić information content (AvgIpc) is 2.87. The van der Waals surface area contributed by atoms with Gasteiger partial charge in [-0.25, -0.2) is 21.1 Å². The van der Waals surface area contributed by atoms with Crippen LogP contribution >= 0.6 is 0 Å². The third kappa shape index (κ3) is 2.42. The molecule has 1 aromatic carbocycles. The van der Waals surface area contributed by atoms with Crippen LogP contribution in [0.15, 0.2) is 18.2 Å². The first-order valence-electron chi connectivity index (χ1n) is 5.50. The van der Waals surface area contributed by atoms with Gasteiger partial charge in [0.25, 0.3) is 5.91 Å². The number of carbonyl (C=O) groups is 1. The van der Waals surface area contributed by atoms with Crippen molar-refractivity contribution in [2.75, 3.05) is 7.11 Å². The topological polar surface area (TPSA) is 88.4 Å². The van der Waals surface area contributed by atoms with E-state index in [1.165, 1.54) is 13.2 Å². The van der Waals surface area contributed by atoms with E-state index in [4.69, 9.17) is 10.6 Å². The van der Waals surface area contributed by atoms with Crippen molar-refractivity contribution < 1.29 is 13.9 Å². The van der Waals surface area contributed by atoms with Crippen molar-refractivity contribution in [3.63, 3.8) is 0 Å². The van der Waals surface area contributed by atoms with Gasteiger partial charge < -0.3 is 4.74 Å². The van der Waals surface area contributed by atoms with Crippen molar-refractivity contribution >= 4 is 5.91 Å². The van der Waals surface area contributed by atoms with Crippen LogP contribution in [0.5, 0.6) is 5.75 Å². The van der Waals surface area contributed by atoms with Crippen molar-refractivity contribution in [3.05, 3.63) is 29.6 Å². The molecule has 6 nitrogen and oxygen atoms in total. The number of hydrazine groups is 2. The molecule has 0 aromatic heterocycles. The number of carbonyl (C=O) groups excluding carboxylic acids is 1. The van der Waals surface area contributed by atoms with Gasteiger partial charge >= 0.3 is 0 Å². The van der Waals surface area contributed by atoms with Gasteiger partial charge in [0.2, 0.25) is 0 Å². The fourth-order valence-corrected chi connectivity index (χ4v) is 1.95. The number of ether oxygens (including phenoxy) is 1. The maximum Gasteiger partial charge on any atom is 0.252 e. The number of methoxy groups -OCH3 is 1. The maximum absolute atomic E-state index is 13.6. The molecule has 1 saturated heterocycles. The molecule has 0 spiro atoms. The SMILES string of the molecule is COc1ccc(C2CC(C(=O)NN)NN2)cc1F. The van der Waals surface area contributed by atoms with Crippen LogP contribution in [-0.2, 0) is 4.79 Å². The molecule has 1 heterocycles. The first kappa shape index (κ1) is 12.7. The predicted molar refractivity (Wildman–Crippen MR) is 62.7 cm³/mol. The van der Waals surface area contributed by atoms with E-state index in [1.54, 1.807) is 12.1 Å². The van der Waals surface area contributed by atoms with E-state index >= 15 is 0 Å². The summed E-state index contributed by atoms with van der Waals surface area (Å²) < 4.78 is 18.4. The molecule has 5 N–H and O–H groups in total. The minimum Gasteiger partial charge on any atom is -0.494 e. The Kier molecular flexibility index (Phi) is 3.75. The maximum atomic E-state index is 13.6. The van der Waals surface area contributed by atoms with E-state index in [2.05, 4.69) is 16.3 Å². The summed E-state index contributed by atoms with van der Waals surface area (Å²) in [5.41, 5.74) is 8.55. The monoisotopic (exact) mass is 254 g/mol.